The van der Waals surface area contributed by atoms with Crippen LogP contribution in [0.25, 0.3) is 52.8 Å². The number of carbonyl (C=O) groups is 2. The zero-order valence-corrected chi connectivity index (χ0v) is 57.8. The summed E-state index contributed by atoms with van der Waals surface area (Å²) >= 11 is 11.2. The summed E-state index contributed by atoms with van der Waals surface area (Å²) in [5, 5.41) is 0. The number of thiophene rings is 6. The lowest BCUT2D eigenvalue weighted by Crippen LogP contribution is -2.34. The van der Waals surface area contributed by atoms with Gasteiger partial charge in [-0.1, -0.05) is 196 Å². The van der Waals surface area contributed by atoms with E-state index in [1.165, 1.54) is 195 Å². The highest BCUT2D eigenvalue weighted by Gasteiger charge is 2.50. The molecule has 0 N–H and O–H groups in total. The molecule has 0 saturated heterocycles. The van der Waals surface area contributed by atoms with E-state index in [1.54, 1.807) is 22.7 Å². The van der Waals surface area contributed by atoms with Crippen LogP contribution in [0.2, 0.25) is 0 Å². The number of fused-ring (bicyclic) bond motifs is 1. The van der Waals surface area contributed by atoms with Crippen molar-refractivity contribution in [3.8, 4) is 29.3 Å². The van der Waals surface area contributed by atoms with E-state index < -0.39 is 0 Å². The van der Waals surface area contributed by atoms with Gasteiger partial charge in [0.25, 0.3) is 11.8 Å². The SMILES string of the molecule is CCCCCCCCCCCCc1cc(C)sc1-c1ccc(/C=C/c2ccc(-c3sc(-c4ccc(C5=C6C(=O)N(CC(CC)CCCC)C(c7ccc(C)s7)=C6C(=O)N5CC(CC)CCCC)s4)cc3CCCCCCCCCCCC)s2)s1. The van der Waals surface area contributed by atoms with Gasteiger partial charge in [-0.05, 0) is 148 Å². The van der Waals surface area contributed by atoms with E-state index in [0.29, 0.717) is 36.1 Å². The van der Waals surface area contributed by atoms with Crippen LogP contribution in [0, 0.1) is 25.7 Å². The maximum atomic E-state index is 15.4. The first kappa shape index (κ1) is 66.3. The number of carbonyl (C=O) groups excluding carboxylic acids is 2. The summed E-state index contributed by atoms with van der Waals surface area (Å²) in [5.74, 6) is 0.736. The number of aryl methyl sites for hydroxylation is 4. The van der Waals surface area contributed by atoms with E-state index in [1.807, 2.05) is 55.1 Å². The first-order chi connectivity index (χ1) is 41.1. The molecule has 0 fully saturated rings. The van der Waals surface area contributed by atoms with Crippen molar-refractivity contribution in [1.82, 2.24) is 9.80 Å². The van der Waals surface area contributed by atoms with Gasteiger partial charge in [0.1, 0.15) is 0 Å². The van der Waals surface area contributed by atoms with Gasteiger partial charge in [-0.15, -0.1) is 68.0 Å². The van der Waals surface area contributed by atoms with Crippen LogP contribution >= 0.6 is 68.0 Å². The van der Waals surface area contributed by atoms with Crippen molar-refractivity contribution < 1.29 is 9.59 Å². The van der Waals surface area contributed by atoms with Crippen LogP contribution in [0.5, 0.6) is 0 Å². The van der Waals surface area contributed by atoms with Crippen LogP contribution in [0.4, 0.5) is 0 Å². The molecule has 10 heteroatoms. The number of rotatable bonds is 41. The number of hydrogen-bond acceptors (Lipinski definition) is 8. The standard InChI is InChI=1S/C74H102N2O2S6/c1-9-15-19-21-23-25-27-29-31-33-37-57-49-54(8)80-71(57)64-45-42-59(81-64)40-41-60-43-46-65(82-60)72-58(38-34-32-30-28-26-24-22-20-16-10-2)50-66(84-72)61-47-48-63(83-61)70-68-67(73(77)76(70)52-56(14-6)36-18-12-4)69(62-44-39-53(7)79-62)75(74(68)78)51-55(13-5)35-17-11-3/h39-50,55-56H,9-38,51-52H2,1-8H3/b41-40+. The Morgan fingerprint density at radius 3 is 1.24 bits per heavy atom. The first-order valence-electron chi connectivity index (χ1n) is 33.5. The molecule has 0 aliphatic carbocycles. The van der Waals surface area contributed by atoms with Gasteiger partial charge in [0.15, 0.2) is 0 Å². The summed E-state index contributed by atoms with van der Waals surface area (Å²) in [6.07, 6.45) is 42.6. The van der Waals surface area contributed by atoms with E-state index in [4.69, 9.17) is 0 Å². The summed E-state index contributed by atoms with van der Waals surface area (Å²) in [5.41, 5.74) is 5.92. The zero-order valence-electron chi connectivity index (χ0n) is 52.9. The molecule has 6 aromatic rings. The Hall–Kier alpha value is -3.64. The van der Waals surface area contributed by atoms with E-state index in [9.17, 15) is 0 Å². The molecule has 0 aromatic carbocycles. The van der Waals surface area contributed by atoms with Gasteiger partial charge < -0.3 is 9.80 Å². The van der Waals surface area contributed by atoms with Crippen LogP contribution in [0.3, 0.4) is 0 Å². The Bertz CT molecular complexity index is 3070. The molecule has 2 unspecified atom stereocenters. The lowest BCUT2D eigenvalue weighted by Gasteiger charge is -2.29. The molecule has 456 valence electrons. The van der Waals surface area contributed by atoms with Crippen LogP contribution < -0.4 is 0 Å². The monoisotopic (exact) mass is 1240 g/mol. The number of hydrogen-bond donors (Lipinski definition) is 0. The molecule has 0 saturated carbocycles. The van der Waals surface area contributed by atoms with Gasteiger partial charge in [0.05, 0.1) is 32.3 Å². The maximum Gasteiger partial charge on any atom is 0.261 e. The fraction of sp³-hybridized carbons (Fsp3) is 0.568. The Kier molecular flexibility index (Phi) is 27.5. The van der Waals surface area contributed by atoms with Gasteiger partial charge in [-0.25, -0.2) is 0 Å². The van der Waals surface area contributed by atoms with Crippen LogP contribution in [-0.4, -0.2) is 34.7 Å². The van der Waals surface area contributed by atoms with E-state index >= 15 is 9.59 Å². The predicted octanol–water partition coefficient (Wildman–Crippen LogP) is 25.0. The molecule has 0 spiro atoms. The average Bonchev–Trinajstić information content (AvgIpc) is 3.49. The summed E-state index contributed by atoms with van der Waals surface area (Å²) in [7, 11) is 0. The lowest BCUT2D eigenvalue weighted by molar-refractivity contribution is -0.124. The lowest BCUT2D eigenvalue weighted by atomic mass is 9.98. The molecule has 6 aromatic heterocycles. The third kappa shape index (κ3) is 18.0. The summed E-state index contributed by atoms with van der Waals surface area (Å²) in [6, 6.07) is 23.1. The van der Waals surface area contributed by atoms with Crippen LogP contribution in [0.1, 0.15) is 262 Å². The number of unbranched alkanes of at least 4 members (excludes halogenated alkanes) is 20. The predicted molar refractivity (Wildman–Crippen MR) is 376 cm³/mol. The maximum absolute atomic E-state index is 15.4. The van der Waals surface area contributed by atoms with Crippen molar-refractivity contribution in [2.24, 2.45) is 11.8 Å². The summed E-state index contributed by atoms with van der Waals surface area (Å²) < 4.78 is 0. The minimum absolute atomic E-state index is 0.00390. The largest absolute Gasteiger partial charge is 0.306 e. The topological polar surface area (TPSA) is 40.6 Å². The molecule has 2 atom stereocenters. The number of nitrogens with zero attached hydrogens (tertiary/aromatic N) is 2. The average molecular weight is 1240 g/mol. The minimum Gasteiger partial charge on any atom is -0.306 e. The first-order valence-corrected chi connectivity index (χ1v) is 38.4. The second kappa shape index (κ2) is 34.8. The van der Waals surface area contributed by atoms with Crippen molar-refractivity contribution >= 4 is 103 Å². The fourth-order valence-corrected chi connectivity index (χ4v) is 19.0. The van der Waals surface area contributed by atoms with Crippen molar-refractivity contribution in [1.29, 1.82) is 0 Å². The third-order valence-electron chi connectivity index (χ3n) is 17.7. The van der Waals surface area contributed by atoms with E-state index in [2.05, 4.69) is 128 Å². The molecule has 2 amide bonds. The second-order valence-electron chi connectivity index (χ2n) is 24.5. The fourth-order valence-electron chi connectivity index (χ4n) is 12.6. The molecule has 84 heavy (non-hydrogen) atoms. The quantitative estimate of drug-likeness (QED) is 0.0359. The van der Waals surface area contributed by atoms with Gasteiger partial charge in [0.2, 0.25) is 0 Å². The highest BCUT2D eigenvalue weighted by Crippen LogP contribution is 2.52. The van der Waals surface area contributed by atoms with Gasteiger partial charge in [-0.2, -0.15) is 0 Å². The molecule has 8 rings (SSSR count). The summed E-state index contributed by atoms with van der Waals surface area (Å²) in [4.78, 5) is 50.1. The normalized spacial score (nSPS) is 14.5. The van der Waals surface area contributed by atoms with Crippen LogP contribution in [0.15, 0.2) is 71.8 Å². The zero-order chi connectivity index (χ0) is 59.2. The Balaban J connectivity index is 1.05. The molecule has 4 nitrogen and oxygen atoms in total. The number of amides is 2. The molecular weight excluding hydrogens is 1140 g/mol. The second-order valence-corrected chi connectivity index (χ2v) is 31.4. The summed E-state index contributed by atoms with van der Waals surface area (Å²) in [6.45, 7) is 19.3. The van der Waals surface area contributed by atoms with Crippen molar-refractivity contribution in [3.05, 3.63) is 112 Å². The Morgan fingerprint density at radius 2 is 0.786 bits per heavy atom. The molecule has 2 aliphatic rings. The molecule has 0 bridgehead atoms. The molecule has 8 heterocycles. The van der Waals surface area contributed by atoms with Gasteiger partial charge in [-0.3, -0.25) is 9.59 Å². The third-order valence-corrected chi connectivity index (χ3v) is 24.7. The molecule has 2 aliphatic heterocycles. The Morgan fingerprint density at radius 1 is 0.381 bits per heavy atom. The molecule has 0 radical (unpaired) electrons. The van der Waals surface area contributed by atoms with Gasteiger partial charge >= 0.3 is 0 Å². The van der Waals surface area contributed by atoms with Gasteiger partial charge in [0, 0.05) is 61.9 Å². The smallest absolute Gasteiger partial charge is 0.261 e. The van der Waals surface area contributed by atoms with Crippen molar-refractivity contribution in [2.45, 2.75) is 248 Å². The van der Waals surface area contributed by atoms with Crippen molar-refractivity contribution in [2.75, 3.05) is 13.1 Å². The van der Waals surface area contributed by atoms with E-state index in [0.717, 1.165) is 78.9 Å². The van der Waals surface area contributed by atoms with Crippen LogP contribution in [-0.2, 0) is 22.4 Å². The van der Waals surface area contributed by atoms with Crippen molar-refractivity contribution in [3.63, 3.8) is 0 Å². The minimum atomic E-state index is 0.00390. The Labute approximate surface area is 533 Å². The highest BCUT2D eigenvalue weighted by molar-refractivity contribution is 7.27. The highest BCUT2D eigenvalue weighted by atomic mass is 32.1. The van der Waals surface area contributed by atoms with E-state index in [-0.39, 0.29) is 11.8 Å². The molecular formula is C74H102N2O2S6.